The van der Waals surface area contributed by atoms with Crippen molar-refractivity contribution in [3.05, 3.63) is 54.9 Å². The first-order chi connectivity index (χ1) is 14.4. The molecule has 0 aliphatic rings. The van der Waals surface area contributed by atoms with E-state index in [0.717, 1.165) is 22.6 Å². The number of anilines is 4. The second-order valence-electron chi connectivity index (χ2n) is 7.26. The minimum absolute atomic E-state index is 0.0200. The molecular weight excluding hydrogens is 380 g/mol. The Bertz CT molecular complexity index is 977. The molecule has 156 valence electrons. The zero-order valence-electron chi connectivity index (χ0n) is 17.3. The average molecular weight is 406 g/mol. The monoisotopic (exact) mass is 406 g/mol. The van der Waals surface area contributed by atoms with Gasteiger partial charge in [0.05, 0.1) is 18.3 Å². The van der Waals surface area contributed by atoms with Gasteiger partial charge in [-0.1, -0.05) is 13.8 Å². The topological polar surface area (TPSA) is 112 Å². The van der Waals surface area contributed by atoms with Crippen molar-refractivity contribution < 1.29 is 9.90 Å². The molecule has 1 atom stereocenters. The Kier molecular flexibility index (Phi) is 6.92. The molecule has 8 heteroatoms. The first kappa shape index (κ1) is 21.2. The smallest absolute Gasteiger partial charge is 0.225 e. The third kappa shape index (κ3) is 5.74. The van der Waals surface area contributed by atoms with E-state index < -0.39 is 0 Å². The van der Waals surface area contributed by atoms with Crippen molar-refractivity contribution >= 4 is 29.0 Å². The molecule has 0 saturated carbocycles. The summed E-state index contributed by atoms with van der Waals surface area (Å²) in [6.07, 6.45) is 3.42. The molecule has 1 amide bonds. The van der Waals surface area contributed by atoms with Gasteiger partial charge < -0.3 is 21.1 Å². The summed E-state index contributed by atoms with van der Waals surface area (Å²) in [5.74, 6) is 1.12. The highest BCUT2D eigenvalue weighted by atomic mass is 16.3. The second kappa shape index (κ2) is 9.80. The molecule has 2 aromatic heterocycles. The maximum Gasteiger partial charge on any atom is 0.225 e. The van der Waals surface area contributed by atoms with Crippen LogP contribution < -0.4 is 16.0 Å². The second-order valence-corrected chi connectivity index (χ2v) is 7.26. The summed E-state index contributed by atoms with van der Waals surface area (Å²) in [7, 11) is 0. The van der Waals surface area contributed by atoms with Gasteiger partial charge in [-0.15, -0.1) is 0 Å². The molecule has 30 heavy (non-hydrogen) atoms. The number of hydrogen-bond donors (Lipinski definition) is 4. The van der Waals surface area contributed by atoms with E-state index in [1.165, 1.54) is 6.92 Å². The van der Waals surface area contributed by atoms with E-state index in [1.807, 2.05) is 56.3 Å². The van der Waals surface area contributed by atoms with Crippen molar-refractivity contribution in [2.24, 2.45) is 5.92 Å². The number of aromatic nitrogens is 3. The summed E-state index contributed by atoms with van der Waals surface area (Å²) >= 11 is 0. The van der Waals surface area contributed by atoms with Crippen LogP contribution in [-0.4, -0.2) is 38.6 Å². The van der Waals surface area contributed by atoms with Crippen molar-refractivity contribution in [2.75, 3.05) is 22.6 Å². The maximum absolute atomic E-state index is 11.2. The quantitative estimate of drug-likeness (QED) is 0.451. The minimum atomic E-state index is -0.164. The van der Waals surface area contributed by atoms with E-state index in [4.69, 9.17) is 0 Å². The van der Waals surface area contributed by atoms with Crippen molar-refractivity contribution in [3.8, 4) is 11.3 Å². The van der Waals surface area contributed by atoms with E-state index in [2.05, 4.69) is 30.9 Å². The fourth-order valence-corrected chi connectivity index (χ4v) is 2.82. The van der Waals surface area contributed by atoms with Gasteiger partial charge in [0.25, 0.3) is 0 Å². The molecule has 0 aliphatic heterocycles. The Balaban J connectivity index is 1.90. The summed E-state index contributed by atoms with van der Waals surface area (Å²) in [5, 5.41) is 18.9. The van der Waals surface area contributed by atoms with Crippen LogP contribution in [0.5, 0.6) is 0 Å². The lowest BCUT2D eigenvalue weighted by atomic mass is 10.1. The standard InChI is InChI=1S/C22H26N6O2/c1-14(2)20(13-29)27-22-26-19(16-8-10-23-11-9-16)12-21(28-22)25-18-6-4-17(5-7-18)24-15(3)30/h4-12,14,20,29H,13H2,1-3H3,(H,24,30)(H2,25,26,27,28)/t20-/m0/s1. The molecule has 0 radical (unpaired) electrons. The number of aliphatic hydroxyl groups is 1. The zero-order chi connectivity index (χ0) is 21.5. The molecule has 0 fully saturated rings. The Morgan fingerprint density at radius 2 is 1.70 bits per heavy atom. The first-order valence-corrected chi connectivity index (χ1v) is 9.76. The van der Waals surface area contributed by atoms with E-state index in [1.54, 1.807) is 12.4 Å². The molecule has 2 heterocycles. The van der Waals surface area contributed by atoms with E-state index >= 15 is 0 Å². The Labute approximate surface area is 175 Å². The number of benzene rings is 1. The highest BCUT2D eigenvalue weighted by Gasteiger charge is 2.15. The van der Waals surface area contributed by atoms with Gasteiger partial charge in [-0.3, -0.25) is 9.78 Å². The summed E-state index contributed by atoms with van der Waals surface area (Å²) in [4.78, 5) is 24.4. The number of hydrogen-bond acceptors (Lipinski definition) is 7. The molecule has 0 unspecified atom stereocenters. The molecule has 3 aromatic rings. The van der Waals surface area contributed by atoms with Crippen LogP contribution in [-0.2, 0) is 4.79 Å². The summed E-state index contributed by atoms with van der Waals surface area (Å²) in [6, 6.07) is 12.8. The van der Waals surface area contributed by atoms with Gasteiger partial charge in [-0.05, 0) is 42.3 Å². The van der Waals surface area contributed by atoms with Crippen LogP contribution in [0.25, 0.3) is 11.3 Å². The molecule has 0 aliphatic carbocycles. The van der Waals surface area contributed by atoms with E-state index in [0.29, 0.717) is 11.8 Å². The molecule has 1 aromatic carbocycles. The van der Waals surface area contributed by atoms with Gasteiger partial charge in [-0.2, -0.15) is 4.98 Å². The van der Waals surface area contributed by atoms with E-state index in [-0.39, 0.29) is 24.5 Å². The van der Waals surface area contributed by atoms with Gasteiger partial charge in [0.1, 0.15) is 5.82 Å². The number of carbonyl (C=O) groups is 1. The molecule has 4 N–H and O–H groups in total. The van der Waals surface area contributed by atoms with Crippen molar-refractivity contribution in [1.29, 1.82) is 0 Å². The Morgan fingerprint density at radius 1 is 1.03 bits per heavy atom. The van der Waals surface area contributed by atoms with Crippen LogP contribution >= 0.6 is 0 Å². The number of pyridine rings is 1. The first-order valence-electron chi connectivity index (χ1n) is 9.76. The van der Waals surface area contributed by atoms with Crippen LogP contribution in [0.2, 0.25) is 0 Å². The SMILES string of the molecule is CC(=O)Nc1ccc(Nc2cc(-c3ccncc3)nc(N[C@@H](CO)C(C)C)n2)cc1. The van der Waals surface area contributed by atoms with Crippen LogP contribution in [0.4, 0.5) is 23.1 Å². The Morgan fingerprint density at radius 3 is 2.30 bits per heavy atom. The highest BCUT2D eigenvalue weighted by Crippen LogP contribution is 2.24. The van der Waals surface area contributed by atoms with Gasteiger partial charge in [0.15, 0.2) is 0 Å². The lowest BCUT2D eigenvalue weighted by Crippen LogP contribution is -2.30. The van der Waals surface area contributed by atoms with Crippen molar-refractivity contribution in [3.63, 3.8) is 0 Å². The highest BCUT2D eigenvalue weighted by molar-refractivity contribution is 5.88. The molecule has 0 saturated heterocycles. The van der Waals surface area contributed by atoms with Crippen LogP contribution in [0.1, 0.15) is 20.8 Å². The molecule has 0 spiro atoms. The van der Waals surface area contributed by atoms with Crippen LogP contribution in [0.15, 0.2) is 54.9 Å². The number of nitrogens with zero attached hydrogens (tertiary/aromatic N) is 3. The normalized spacial score (nSPS) is 11.8. The number of amides is 1. The minimum Gasteiger partial charge on any atom is -0.394 e. The van der Waals surface area contributed by atoms with Gasteiger partial charge in [0, 0.05) is 42.3 Å². The van der Waals surface area contributed by atoms with Crippen molar-refractivity contribution in [1.82, 2.24) is 15.0 Å². The third-order valence-electron chi connectivity index (χ3n) is 4.50. The molecule has 3 rings (SSSR count). The summed E-state index contributed by atoms with van der Waals surface area (Å²) < 4.78 is 0. The lowest BCUT2D eigenvalue weighted by Gasteiger charge is -2.20. The average Bonchev–Trinajstić information content (AvgIpc) is 2.73. The molecule has 0 bridgehead atoms. The lowest BCUT2D eigenvalue weighted by molar-refractivity contribution is -0.114. The fraction of sp³-hybridized carbons (Fsp3) is 0.273. The van der Waals surface area contributed by atoms with E-state index in [9.17, 15) is 9.90 Å². The largest absolute Gasteiger partial charge is 0.394 e. The Hall–Kier alpha value is -3.52. The van der Waals surface area contributed by atoms with Crippen LogP contribution in [0, 0.1) is 5.92 Å². The van der Waals surface area contributed by atoms with Gasteiger partial charge in [0.2, 0.25) is 11.9 Å². The maximum atomic E-state index is 11.2. The van der Waals surface area contributed by atoms with Gasteiger partial charge >= 0.3 is 0 Å². The predicted octanol–water partition coefficient (Wildman–Crippen LogP) is 3.67. The number of rotatable bonds is 8. The summed E-state index contributed by atoms with van der Waals surface area (Å²) in [6.45, 7) is 5.50. The zero-order valence-corrected chi connectivity index (χ0v) is 17.3. The summed E-state index contributed by atoms with van der Waals surface area (Å²) in [5.41, 5.74) is 3.17. The fourth-order valence-electron chi connectivity index (χ4n) is 2.82. The molecule has 8 nitrogen and oxygen atoms in total. The van der Waals surface area contributed by atoms with Gasteiger partial charge in [-0.25, -0.2) is 4.98 Å². The predicted molar refractivity (Wildman–Crippen MR) is 119 cm³/mol. The number of nitrogens with one attached hydrogen (secondary N) is 3. The van der Waals surface area contributed by atoms with Crippen molar-refractivity contribution in [2.45, 2.75) is 26.8 Å². The number of aliphatic hydroxyl groups excluding tert-OH is 1. The molecular formula is C22H26N6O2. The number of carbonyl (C=O) groups excluding carboxylic acids is 1. The third-order valence-corrected chi connectivity index (χ3v) is 4.50. The van der Waals surface area contributed by atoms with Crippen LogP contribution in [0.3, 0.4) is 0 Å².